The summed E-state index contributed by atoms with van der Waals surface area (Å²) < 4.78 is 46.5. The Morgan fingerprint density at radius 2 is 1.69 bits per heavy atom. The van der Waals surface area contributed by atoms with Crippen LogP contribution in [0.2, 0.25) is 0 Å². The van der Waals surface area contributed by atoms with Crippen LogP contribution in [0.4, 0.5) is 18.9 Å². The van der Waals surface area contributed by atoms with E-state index in [0.29, 0.717) is 56.5 Å². The first-order valence-electron chi connectivity index (χ1n) is 17.2. The minimum atomic E-state index is -4.06. The number of rotatable bonds is 12. The maximum absolute atomic E-state index is 15.8. The Bertz CT molecular complexity index is 1690. The van der Waals surface area contributed by atoms with Crippen molar-refractivity contribution in [3.8, 4) is 6.07 Å². The fourth-order valence-electron chi connectivity index (χ4n) is 6.51. The maximum Gasteiger partial charge on any atom is 0.349 e. The predicted octanol–water partition coefficient (Wildman–Crippen LogP) is 3.65. The van der Waals surface area contributed by atoms with Crippen LogP contribution in [-0.2, 0) is 25.1 Å². The molecule has 0 unspecified atom stereocenters. The third kappa shape index (κ3) is 9.84. The van der Waals surface area contributed by atoms with E-state index in [0.717, 1.165) is 50.1 Å². The van der Waals surface area contributed by atoms with Crippen LogP contribution in [0.1, 0.15) is 68.1 Å². The van der Waals surface area contributed by atoms with Crippen molar-refractivity contribution in [1.29, 1.82) is 5.26 Å². The van der Waals surface area contributed by atoms with Crippen LogP contribution in [0.3, 0.4) is 0 Å². The maximum atomic E-state index is 15.8. The molecule has 2 aromatic rings. The van der Waals surface area contributed by atoms with E-state index in [1.54, 1.807) is 17.9 Å². The SMILES string of the molecule is C[C@@H](c1ccc(NC(=O)[C@@H](NC(=O)C(F)(F)c2cccc(C#N)c2)C2CCCCCC2)c(F)c1)[C@@H](NC(=O)/C(=C/N)SN)C(=O)N1CCN(C)CC1. The van der Waals surface area contributed by atoms with Gasteiger partial charge >= 0.3 is 5.92 Å². The highest BCUT2D eigenvalue weighted by molar-refractivity contribution is 8.01. The lowest BCUT2D eigenvalue weighted by molar-refractivity contribution is -0.149. The first-order valence-corrected chi connectivity index (χ1v) is 18.0. The number of anilines is 1. The summed E-state index contributed by atoms with van der Waals surface area (Å²) in [5.41, 5.74) is 4.85. The summed E-state index contributed by atoms with van der Waals surface area (Å²) in [5.74, 6) is -9.80. The van der Waals surface area contributed by atoms with Crippen molar-refractivity contribution in [1.82, 2.24) is 20.4 Å². The first-order chi connectivity index (χ1) is 24.8. The molecular weight excluding hydrogens is 698 g/mol. The van der Waals surface area contributed by atoms with Crippen molar-refractivity contribution in [2.75, 3.05) is 38.5 Å². The number of benzene rings is 2. The fourth-order valence-corrected chi connectivity index (χ4v) is 6.76. The van der Waals surface area contributed by atoms with Crippen LogP contribution < -0.4 is 26.8 Å². The molecule has 7 N–H and O–H groups in total. The topological polar surface area (TPSA) is 187 Å². The van der Waals surface area contributed by atoms with Crippen LogP contribution in [0, 0.1) is 23.1 Å². The van der Waals surface area contributed by atoms with Gasteiger partial charge in [0.25, 0.3) is 11.8 Å². The quantitative estimate of drug-likeness (QED) is 0.123. The van der Waals surface area contributed by atoms with Crippen LogP contribution >= 0.6 is 11.9 Å². The highest BCUT2D eigenvalue weighted by Crippen LogP contribution is 2.32. The van der Waals surface area contributed by atoms with Gasteiger partial charge in [0.2, 0.25) is 11.8 Å². The Hall–Kier alpha value is -4.59. The molecule has 52 heavy (non-hydrogen) atoms. The smallest absolute Gasteiger partial charge is 0.349 e. The van der Waals surface area contributed by atoms with Crippen LogP contribution in [0.15, 0.2) is 53.6 Å². The molecular formula is C36H45F3N8O4S. The lowest BCUT2D eigenvalue weighted by Gasteiger charge is -2.36. The van der Waals surface area contributed by atoms with Crippen molar-refractivity contribution < 1.29 is 32.3 Å². The number of hydrogen-bond acceptors (Lipinski definition) is 9. The molecule has 0 aromatic heterocycles. The number of piperazine rings is 1. The Labute approximate surface area is 305 Å². The number of alkyl halides is 2. The van der Waals surface area contributed by atoms with Crippen molar-refractivity contribution in [2.45, 2.75) is 69.4 Å². The summed E-state index contributed by atoms with van der Waals surface area (Å²) in [6.07, 6.45) is 5.23. The Morgan fingerprint density at radius 1 is 1.02 bits per heavy atom. The van der Waals surface area contributed by atoms with Gasteiger partial charge in [-0.1, -0.05) is 50.8 Å². The van der Waals surface area contributed by atoms with Crippen LogP contribution in [0.5, 0.6) is 0 Å². The molecule has 1 saturated carbocycles. The molecule has 0 bridgehead atoms. The number of hydrogen-bond donors (Lipinski definition) is 5. The molecule has 1 aliphatic heterocycles. The van der Waals surface area contributed by atoms with Crippen LogP contribution in [0.25, 0.3) is 0 Å². The van der Waals surface area contributed by atoms with Crippen molar-refractivity contribution in [3.05, 3.63) is 76.1 Å². The minimum Gasteiger partial charge on any atom is -0.403 e. The summed E-state index contributed by atoms with van der Waals surface area (Å²) >= 11 is 0.617. The molecule has 2 aliphatic rings. The molecule has 0 spiro atoms. The number of halogens is 3. The van der Waals surface area contributed by atoms with Gasteiger partial charge in [-0.05, 0) is 67.6 Å². The predicted molar refractivity (Wildman–Crippen MR) is 192 cm³/mol. The number of nitriles is 1. The number of nitrogens with zero attached hydrogens (tertiary/aromatic N) is 3. The molecule has 3 atom stereocenters. The molecule has 2 fully saturated rings. The summed E-state index contributed by atoms with van der Waals surface area (Å²) in [5, 5.41) is 22.1. The molecule has 16 heteroatoms. The van der Waals surface area contributed by atoms with E-state index >= 15 is 13.2 Å². The Balaban J connectivity index is 1.57. The number of carbonyl (C=O) groups is 4. The monoisotopic (exact) mass is 742 g/mol. The number of nitrogens with two attached hydrogens (primary N) is 2. The molecule has 4 rings (SSSR count). The molecule has 4 amide bonds. The lowest BCUT2D eigenvalue weighted by atomic mass is 9.90. The van der Waals surface area contributed by atoms with Gasteiger partial charge in [-0.15, -0.1) is 0 Å². The first kappa shape index (κ1) is 40.2. The molecule has 1 saturated heterocycles. The van der Waals surface area contributed by atoms with E-state index in [-0.39, 0.29) is 22.1 Å². The highest BCUT2D eigenvalue weighted by Gasteiger charge is 2.44. The van der Waals surface area contributed by atoms with Gasteiger partial charge in [0.05, 0.1) is 17.3 Å². The van der Waals surface area contributed by atoms with E-state index in [4.69, 9.17) is 16.1 Å². The number of nitrogens with one attached hydrogen (secondary N) is 3. The second-order valence-corrected chi connectivity index (χ2v) is 13.9. The van der Waals surface area contributed by atoms with E-state index in [1.807, 2.05) is 7.05 Å². The zero-order valence-electron chi connectivity index (χ0n) is 29.2. The van der Waals surface area contributed by atoms with E-state index in [1.165, 1.54) is 24.3 Å². The second-order valence-electron chi connectivity index (χ2n) is 13.2. The second kappa shape index (κ2) is 18.3. The molecule has 280 valence electrons. The van der Waals surface area contributed by atoms with Gasteiger partial charge < -0.3 is 31.5 Å². The standard InChI is InChI=1S/C36H45F3N8O4S/c1-22(30(44-32(48)29(21-41)52-42)34(50)47-16-14-46(2)15-17-47)25-12-13-28(27(37)19-25)43-33(49)31(24-9-5-3-4-6-10-24)45-35(51)36(38,39)26-11-7-8-23(18-26)20-40/h7-8,11-13,18-19,21-22,24,30-31H,3-6,9-10,14-17,41-42H2,1-2H3,(H,43,49)(H,44,48)(H,45,51)/b29-21-/t22-,30+,31-/m0/s1. The minimum absolute atomic E-state index is 0.0172. The summed E-state index contributed by atoms with van der Waals surface area (Å²) in [6.45, 7) is 3.76. The average Bonchev–Trinajstić information content (AvgIpc) is 3.43. The van der Waals surface area contributed by atoms with Crippen molar-refractivity contribution in [2.24, 2.45) is 16.8 Å². The molecule has 12 nitrogen and oxygen atoms in total. The summed E-state index contributed by atoms with van der Waals surface area (Å²) in [6, 6.07) is 7.66. The summed E-state index contributed by atoms with van der Waals surface area (Å²) in [7, 11) is 1.93. The van der Waals surface area contributed by atoms with Gasteiger partial charge in [-0.25, -0.2) is 4.39 Å². The van der Waals surface area contributed by atoms with Gasteiger partial charge in [0.15, 0.2) is 0 Å². The lowest BCUT2D eigenvalue weighted by Crippen LogP contribution is -2.55. The van der Waals surface area contributed by atoms with Gasteiger partial charge in [-0.3, -0.25) is 24.3 Å². The molecule has 1 heterocycles. The molecule has 1 aliphatic carbocycles. The Morgan fingerprint density at radius 3 is 2.29 bits per heavy atom. The largest absolute Gasteiger partial charge is 0.403 e. The number of carbonyl (C=O) groups excluding carboxylic acids is 4. The summed E-state index contributed by atoms with van der Waals surface area (Å²) in [4.78, 5) is 57.1. The number of likely N-dealkylation sites (N-methyl/N-ethyl adjacent to an activating group) is 1. The van der Waals surface area contributed by atoms with E-state index in [2.05, 4.69) is 20.9 Å². The zero-order valence-corrected chi connectivity index (χ0v) is 30.0. The highest BCUT2D eigenvalue weighted by atomic mass is 32.2. The third-order valence-electron chi connectivity index (χ3n) is 9.73. The van der Waals surface area contributed by atoms with Gasteiger partial charge in [0.1, 0.15) is 22.8 Å². The Kier molecular flexibility index (Phi) is 14.1. The van der Waals surface area contributed by atoms with Gasteiger partial charge in [-0.2, -0.15) is 14.0 Å². The third-order valence-corrected chi connectivity index (χ3v) is 10.3. The zero-order chi connectivity index (χ0) is 38.0. The van der Waals surface area contributed by atoms with Crippen molar-refractivity contribution >= 4 is 41.3 Å². The number of amides is 4. The molecule has 0 radical (unpaired) electrons. The van der Waals surface area contributed by atoms with Crippen molar-refractivity contribution in [3.63, 3.8) is 0 Å². The fraction of sp³-hybridized carbons (Fsp3) is 0.472. The normalized spacial score (nSPS) is 17.9. The van der Waals surface area contributed by atoms with Crippen LogP contribution in [-0.4, -0.2) is 78.7 Å². The molecule has 2 aromatic carbocycles. The van der Waals surface area contributed by atoms with E-state index < -0.39 is 58.9 Å². The van der Waals surface area contributed by atoms with Gasteiger partial charge in [0, 0.05) is 43.9 Å². The van der Waals surface area contributed by atoms with E-state index in [9.17, 15) is 19.2 Å². The average molecular weight is 743 g/mol.